The van der Waals surface area contributed by atoms with Crippen molar-refractivity contribution in [2.24, 2.45) is 0 Å². The Kier molecular flexibility index (Phi) is 8.16. The molecule has 1 aliphatic rings. The van der Waals surface area contributed by atoms with E-state index in [1.165, 1.54) is 16.5 Å². The molecule has 1 fully saturated rings. The number of fused-ring (bicyclic) bond motifs is 1. The first kappa shape index (κ1) is 22.1. The number of benzene rings is 1. The number of nitrogen functional groups attached to an aromatic ring is 1. The van der Waals surface area contributed by atoms with Crippen LogP contribution in [-0.2, 0) is 6.42 Å². The van der Waals surface area contributed by atoms with E-state index in [-0.39, 0.29) is 24.8 Å². The smallest absolute Gasteiger partial charge is 0.123 e. The summed E-state index contributed by atoms with van der Waals surface area (Å²) in [6, 6.07) is 12.6. The molecular formula is C21H25Cl2N5. The minimum Gasteiger partial charge on any atom is -0.384 e. The number of pyridine rings is 1. The van der Waals surface area contributed by atoms with Crippen LogP contribution in [0.25, 0.3) is 10.9 Å². The number of rotatable bonds is 3. The number of halogens is 2. The number of para-hydroxylation sites is 1. The van der Waals surface area contributed by atoms with Crippen LogP contribution in [-0.4, -0.2) is 47.1 Å². The highest BCUT2D eigenvalue weighted by Gasteiger charge is 2.19. The summed E-state index contributed by atoms with van der Waals surface area (Å²) in [7, 11) is 0. The molecule has 0 amide bonds. The van der Waals surface area contributed by atoms with Crippen molar-refractivity contribution in [1.82, 2.24) is 20.2 Å². The number of nitrogens with zero attached hydrogens (tertiary/aromatic N) is 2. The lowest BCUT2D eigenvalue weighted by Crippen LogP contribution is -2.51. The van der Waals surface area contributed by atoms with Gasteiger partial charge in [0.25, 0.3) is 0 Å². The number of aromatic nitrogens is 2. The maximum atomic E-state index is 5.60. The van der Waals surface area contributed by atoms with Crippen molar-refractivity contribution in [1.29, 1.82) is 0 Å². The Morgan fingerprint density at radius 2 is 2.04 bits per heavy atom. The van der Waals surface area contributed by atoms with Crippen LogP contribution in [0, 0.1) is 11.8 Å². The predicted octanol–water partition coefficient (Wildman–Crippen LogP) is 2.86. The lowest BCUT2D eigenvalue weighted by atomic mass is 10.0. The van der Waals surface area contributed by atoms with Gasteiger partial charge in [-0.15, -0.1) is 24.8 Å². The molecular weight excluding hydrogens is 393 g/mol. The van der Waals surface area contributed by atoms with E-state index in [2.05, 4.69) is 62.5 Å². The molecule has 3 aromatic rings. The molecule has 4 N–H and O–H groups in total. The Labute approximate surface area is 177 Å². The number of hydrogen-bond acceptors (Lipinski definition) is 4. The van der Waals surface area contributed by atoms with Crippen LogP contribution in [0.15, 0.2) is 48.8 Å². The molecule has 0 aliphatic carbocycles. The summed E-state index contributed by atoms with van der Waals surface area (Å²) in [5.74, 6) is 6.96. The van der Waals surface area contributed by atoms with Crippen LogP contribution in [0.5, 0.6) is 0 Å². The first-order valence-corrected chi connectivity index (χ1v) is 8.99. The van der Waals surface area contributed by atoms with Gasteiger partial charge in [-0.25, -0.2) is 4.98 Å². The molecule has 1 unspecified atom stereocenters. The number of piperazine rings is 1. The minimum absolute atomic E-state index is 0. The largest absolute Gasteiger partial charge is 0.384 e. The quantitative estimate of drug-likeness (QED) is 0.573. The molecule has 2 aromatic heterocycles. The van der Waals surface area contributed by atoms with Crippen LogP contribution >= 0.6 is 24.8 Å². The minimum atomic E-state index is 0. The molecule has 0 saturated carbocycles. The third-order valence-corrected chi connectivity index (χ3v) is 4.80. The molecule has 0 spiro atoms. The van der Waals surface area contributed by atoms with Gasteiger partial charge in [-0.2, -0.15) is 0 Å². The topological polar surface area (TPSA) is 70.0 Å². The van der Waals surface area contributed by atoms with E-state index in [4.69, 9.17) is 5.73 Å². The Hall–Kier alpha value is -2.23. The average Bonchev–Trinajstić information content (AvgIpc) is 3.07. The summed E-state index contributed by atoms with van der Waals surface area (Å²) in [6.07, 6.45) is 4.88. The highest BCUT2D eigenvalue weighted by molar-refractivity contribution is 5.85. The summed E-state index contributed by atoms with van der Waals surface area (Å²) >= 11 is 0. The molecule has 1 saturated heterocycles. The van der Waals surface area contributed by atoms with Gasteiger partial charge in [-0.05, 0) is 30.2 Å². The number of nitrogens with two attached hydrogens (primary N) is 1. The van der Waals surface area contributed by atoms with Crippen molar-refractivity contribution >= 4 is 41.5 Å². The summed E-state index contributed by atoms with van der Waals surface area (Å²) in [5.41, 5.74) is 9.09. The van der Waals surface area contributed by atoms with Crippen molar-refractivity contribution < 1.29 is 0 Å². The summed E-state index contributed by atoms with van der Waals surface area (Å²) < 4.78 is 0. The van der Waals surface area contributed by atoms with E-state index in [1.54, 1.807) is 12.3 Å². The fraction of sp³-hybridized carbons (Fsp3) is 0.286. The number of hydrogen-bond donors (Lipinski definition) is 3. The lowest BCUT2D eigenvalue weighted by molar-refractivity contribution is 0.220. The maximum absolute atomic E-state index is 5.60. The normalized spacial score (nSPS) is 16.5. The van der Waals surface area contributed by atoms with Crippen molar-refractivity contribution in [3.63, 3.8) is 0 Å². The molecule has 7 heteroatoms. The zero-order valence-electron chi connectivity index (χ0n) is 15.5. The molecule has 0 radical (unpaired) electrons. The van der Waals surface area contributed by atoms with E-state index in [1.807, 2.05) is 6.07 Å². The highest BCUT2D eigenvalue weighted by atomic mass is 35.5. The van der Waals surface area contributed by atoms with Gasteiger partial charge >= 0.3 is 0 Å². The molecule has 1 aromatic carbocycles. The average molecular weight is 418 g/mol. The summed E-state index contributed by atoms with van der Waals surface area (Å²) in [5, 5.41) is 4.96. The van der Waals surface area contributed by atoms with E-state index in [0.717, 1.165) is 38.2 Å². The Balaban J connectivity index is 0.00000140. The van der Waals surface area contributed by atoms with Crippen LogP contribution in [0.4, 0.5) is 5.82 Å². The second-order valence-corrected chi connectivity index (χ2v) is 6.72. The molecule has 148 valence electrons. The first-order valence-electron chi connectivity index (χ1n) is 8.99. The third-order valence-electron chi connectivity index (χ3n) is 4.80. The van der Waals surface area contributed by atoms with E-state index in [9.17, 15) is 0 Å². The van der Waals surface area contributed by atoms with Crippen LogP contribution in [0.2, 0.25) is 0 Å². The molecule has 0 bridgehead atoms. The molecule has 4 rings (SSSR count). The predicted molar refractivity (Wildman–Crippen MR) is 120 cm³/mol. The van der Waals surface area contributed by atoms with Crippen LogP contribution in [0.1, 0.15) is 11.1 Å². The molecule has 5 nitrogen and oxygen atoms in total. The van der Waals surface area contributed by atoms with Crippen LogP contribution in [0.3, 0.4) is 0 Å². The second-order valence-electron chi connectivity index (χ2n) is 6.72. The number of nitrogens with one attached hydrogen (secondary N) is 2. The van der Waals surface area contributed by atoms with Crippen molar-refractivity contribution in [3.8, 4) is 11.8 Å². The van der Waals surface area contributed by atoms with Gasteiger partial charge in [0, 0.05) is 54.5 Å². The highest BCUT2D eigenvalue weighted by Crippen LogP contribution is 2.19. The summed E-state index contributed by atoms with van der Waals surface area (Å²) in [4.78, 5) is 9.85. The van der Waals surface area contributed by atoms with Gasteiger partial charge < -0.3 is 16.0 Å². The Morgan fingerprint density at radius 3 is 2.86 bits per heavy atom. The monoisotopic (exact) mass is 417 g/mol. The Bertz CT molecular complexity index is 943. The van der Waals surface area contributed by atoms with Gasteiger partial charge in [0.1, 0.15) is 5.82 Å². The fourth-order valence-corrected chi connectivity index (χ4v) is 3.47. The van der Waals surface area contributed by atoms with Gasteiger partial charge in [-0.3, -0.25) is 4.90 Å². The van der Waals surface area contributed by atoms with Gasteiger partial charge in [0.15, 0.2) is 0 Å². The van der Waals surface area contributed by atoms with Gasteiger partial charge in [0.05, 0.1) is 6.54 Å². The van der Waals surface area contributed by atoms with Crippen molar-refractivity contribution in [2.45, 2.75) is 12.5 Å². The SMILES string of the molecule is Cl.Cl.Nc1ccc(C#CCN2CCNC(Cc3c[nH]c4ccccc34)C2)cn1. The van der Waals surface area contributed by atoms with Gasteiger partial charge in [-0.1, -0.05) is 30.0 Å². The van der Waals surface area contributed by atoms with Crippen LogP contribution < -0.4 is 11.1 Å². The maximum Gasteiger partial charge on any atom is 0.123 e. The zero-order valence-corrected chi connectivity index (χ0v) is 17.2. The van der Waals surface area contributed by atoms with Crippen molar-refractivity contribution in [3.05, 3.63) is 59.9 Å². The fourth-order valence-electron chi connectivity index (χ4n) is 3.47. The summed E-state index contributed by atoms with van der Waals surface area (Å²) in [6.45, 7) is 3.81. The Morgan fingerprint density at radius 1 is 1.18 bits per heavy atom. The number of H-pyrrole nitrogens is 1. The molecule has 3 heterocycles. The van der Waals surface area contributed by atoms with E-state index in [0.29, 0.717) is 11.9 Å². The first-order chi connectivity index (χ1) is 12.8. The lowest BCUT2D eigenvalue weighted by Gasteiger charge is -2.32. The zero-order chi connectivity index (χ0) is 17.8. The number of anilines is 1. The van der Waals surface area contributed by atoms with E-state index >= 15 is 0 Å². The van der Waals surface area contributed by atoms with E-state index < -0.39 is 0 Å². The molecule has 1 aliphatic heterocycles. The third kappa shape index (κ3) is 5.40. The van der Waals surface area contributed by atoms with Gasteiger partial charge in [0.2, 0.25) is 0 Å². The second kappa shape index (κ2) is 10.4. The number of aromatic amines is 1. The molecule has 1 atom stereocenters. The van der Waals surface area contributed by atoms with Crippen molar-refractivity contribution in [2.75, 3.05) is 31.9 Å². The molecule has 28 heavy (non-hydrogen) atoms. The standard InChI is InChI=1S/C21H23N5.2ClH/c22-21-8-7-16(13-25-21)4-3-10-26-11-9-23-18(15-26)12-17-14-24-20-6-2-1-5-19(17)20;;/h1-2,5-8,13-14,18,23-24H,9-12,15H2,(H2,22,25);2*1H.